The average molecular weight is 192 g/mol. The van der Waals surface area contributed by atoms with Crippen LogP contribution in [0.3, 0.4) is 0 Å². The Morgan fingerprint density at radius 1 is 1.38 bits per heavy atom. The Labute approximate surface area is 72.1 Å². The van der Waals surface area contributed by atoms with Crippen molar-refractivity contribution in [2.45, 2.75) is 6.11 Å². The van der Waals surface area contributed by atoms with E-state index in [1.165, 1.54) is 0 Å². The Morgan fingerprint density at radius 3 is 2.31 bits per heavy atom. The van der Waals surface area contributed by atoms with E-state index in [1.54, 1.807) is 0 Å². The van der Waals surface area contributed by atoms with Gasteiger partial charge in [-0.05, 0) is 0 Å². The predicted molar refractivity (Wildman–Crippen MR) is 38.0 cm³/mol. The van der Waals surface area contributed by atoms with Crippen molar-refractivity contribution < 1.29 is 28.2 Å². The van der Waals surface area contributed by atoms with Gasteiger partial charge in [0.1, 0.15) is 0 Å². The van der Waals surface area contributed by atoms with Crippen LogP contribution < -0.4 is 0 Å². The molecule has 6 heteroatoms. The monoisotopic (exact) mass is 192 g/mol. The van der Waals surface area contributed by atoms with E-state index in [-0.39, 0.29) is 6.08 Å². The number of ether oxygens (including phenoxy) is 1. The molecule has 13 heavy (non-hydrogen) atoms. The van der Waals surface area contributed by atoms with Gasteiger partial charge in [-0.3, -0.25) is 0 Å². The van der Waals surface area contributed by atoms with Crippen LogP contribution in [0.2, 0.25) is 0 Å². The molecule has 0 unspecified atom stereocenters. The van der Waals surface area contributed by atoms with E-state index >= 15 is 0 Å². The summed E-state index contributed by atoms with van der Waals surface area (Å²) in [7, 11) is 0. The molecule has 1 N–H and O–H groups in total. The Morgan fingerprint density at radius 2 is 1.92 bits per heavy atom. The van der Waals surface area contributed by atoms with E-state index in [0.717, 1.165) is 0 Å². The third-order valence-corrected chi connectivity index (χ3v) is 0.836. The lowest BCUT2D eigenvalue weighted by molar-refractivity contribution is -0.202. The second-order valence-corrected chi connectivity index (χ2v) is 1.86. The van der Waals surface area contributed by atoms with E-state index < -0.39 is 18.0 Å². The van der Waals surface area contributed by atoms with Crippen LogP contribution in [0.15, 0.2) is 24.8 Å². The van der Waals surface area contributed by atoms with Crippen molar-refractivity contribution in [2.75, 3.05) is 0 Å². The molecule has 0 rings (SSSR count). The van der Waals surface area contributed by atoms with Crippen molar-refractivity contribution in [1.82, 2.24) is 0 Å². The first kappa shape index (κ1) is 11.3. The molecule has 0 spiro atoms. The highest BCUT2D eigenvalue weighted by molar-refractivity contribution is 5.90. The highest BCUT2D eigenvalue weighted by Crippen LogP contribution is 2.16. The Kier molecular flexibility index (Phi) is 3.77. The SMILES string of the molecule is C=CC(F)(F)OC(=O)/C=C\C(=O)O. The van der Waals surface area contributed by atoms with Crippen LogP contribution in [0.1, 0.15) is 0 Å². The van der Waals surface area contributed by atoms with Crippen LogP contribution in [-0.4, -0.2) is 23.2 Å². The number of halogens is 2. The van der Waals surface area contributed by atoms with E-state index in [1.807, 2.05) is 0 Å². The van der Waals surface area contributed by atoms with Gasteiger partial charge in [0.15, 0.2) is 0 Å². The standard InChI is InChI=1S/C7H6F2O4/c1-2-7(8,9)13-6(12)4-3-5(10)11/h2-4H,1H2,(H,10,11)/b4-3-. The summed E-state index contributed by atoms with van der Waals surface area (Å²) < 4.78 is 27.9. The summed E-state index contributed by atoms with van der Waals surface area (Å²) >= 11 is 0. The van der Waals surface area contributed by atoms with Crippen LogP contribution >= 0.6 is 0 Å². The third kappa shape index (κ3) is 5.54. The predicted octanol–water partition coefficient (Wildman–Crippen LogP) is 0.949. The summed E-state index contributed by atoms with van der Waals surface area (Å²) in [5, 5.41) is 8.02. The lowest BCUT2D eigenvalue weighted by Crippen LogP contribution is -2.20. The topological polar surface area (TPSA) is 63.6 Å². The van der Waals surface area contributed by atoms with Crippen LogP contribution in [-0.2, 0) is 14.3 Å². The van der Waals surface area contributed by atoms with E-state index in [0.29, 0.717) is 12.2 Å². The fourth-order valence-corrected chi connectivity index (χ4v) is 0.349. The molecular formula is C7H6F2O4. The van der Waals surface area contributed by atoms with Gasteiger partial charge in [0.05, 0.1) is 0 Å². The molecule has 0 bridgehead atoms. The summed E-state index contributed by atoms with van der Waals surface area (Å²) in [4.78, 5) is 20.3. The molecule has 0 saturated carbocycles. The van der Waals surface area contributed by atoms with Gasteiger partial charge in [-0.25, -0.2) is 9.59 Å². The van der Waals surface area contributed by atoms with Crippen molar-refractivity contribution in [1.29, 1.82) is 0 Å². The quantitative estimate of drug-likeness (QED) is 0.409. The van der Waals surface area contributed by atoms with Gasteiger partial charge in [-0.1, -0.05) is 6.58 Å². The average Bonchev–Trinajstić information content (AvgIpc) is 2.00. The molecule has 0 atom stereocenters. The Hall–Kier alpha value is -1.72. The minimum absolute atomic E-state index is 0.125. The maximum absolute atomic E-state index is 12.2. The molecule has 0 fully saturated rings. The van der Waals surface area contributed by atoms with Gasteiger partial charge in [-0.2, -0.15) is 8.78 Å². The third-order valence-electron chi connectivity index (χ3n) is 0.836. The number of carbonyl (C=O) groups excluding carboxylic acids is 1. The van der Waals surface area contributed by atoms with Crippen LogP contribution in [0.25, 0.3) is 0 Å². The number of rotatable bonds is 4. The first-order valence-electron chi connectivity index (χ1n) is 3.03. The fraction of sp³-hybridized carbons (Fsp3) is 0.143. The fourth-order valence-electron chi connectivity index (χ4n) is 0.349. The first-order chi connectivity index (χ1) is 5.87. The van der Waals surface area contributed by atoms with E-state index in [9.17, 15) is 18.4 Å². The second-order valence-electron chi connectivity index (χ2n) is 1.86. The van der Waals surface area contributed by atoms with Crippen molar-refractivity contribution >= 4 is 11.9 Å². The Bertz CT molecular complexity index is 257. The molecule has 0 aliphatic carbocycles. The highest BCUT2D eigenvalue weighted by Gasteiger charge is 2.28. The van der Waals surface area contributed by atoms with Gasteiger partial charge < -0.3 is 9.84 Å². The summed E-state index contributed by atoms with van der Waals surface area (Å²) in [6.45, 7) is 2.71. The molecule has 0 aromatic heterocycles. The number of carbonyl (C=O) groups is 2. The zero-order chi connectivity index (χ0) is 10.5. The molecule has 72 valence electrons. The minimum Gasteiger partial charge on any atom is -0.478 e. The van der Waals surface area contributed by atoms with Gasteiger partial charge in [0.2, 0.25) is 0 Å². The van der Waals surface area contributed by atoms with Crippen molar-refractivity contribution in [3.05, 3.63) is 24.8 Å². The maximum Gasteiger partial charge on any atom is 0.421 e. The normalized spacial score (nSPS) is 11.2. The zero-order valence-electron chi connectivity index (χ0n) is 6.37. The summed E-state index contributed by atoms with van der Waals surface area (Å²) in [6.07, 6.45) is -2.89. The van der Waals surface area contributed by atoms with Crippen molar-refractivity contribution in [3.63, 3.8) is 0 Å². The molecule has 0 aromatic rings. The van der Waals surface area contributed by atoms with Crippen molar-refractivity contribution in [2.24, 2.45) is 0 Å². The molecule has 0 radical (unpaired) electrons. The molecule has 0 amide bonds. The van der Waals surface area contributed by atoms with Gasteiger partial charge in [-0.15, -0.1) is 0 Å². The smallest absolute Gasteiger partial charge is 0.421 e. The number of hydrogen-bond acceptors (Lipinski definition) is 3. The summed E-state index contributed by atoms with van der Waals surface area (Å²) in [6, 6.07) is 0. The van der Waals surface area contributed by atoms with Gasteiger partial charge in [0.25, 0.3) is 0 Å². The zero-order valence-corrected chi connectivity index (χ0v) is 6.37. The summed E-state index contributed by atoms with van der Waals surface area (Å²) in [5.41, 5.74) is 0. The van der Waals surface area contributed by atoms with Gasteiger partial charge in [0, 0.05) is 18.2 Å². The number of aliphatic carboxylic acids is 1. The molecule has 0 aliphatic rings. The first-order valence-corrected chi connectivity index (χ1v) is 3.03. The number of carboxylic acid groups (broad SMARTS) is 1. The number of carboxylic acids is 1. The molecular weight excluding hydrogens is 186 g/mol. The number of alkyl halides is 2. The molecule has 4 nitrogen and oxygen atoms in total. The molecule has 0 saturated heterocycles. The molecule has 0 heterocycles. The van der Waals surface area contributed by atoms with Crippen LogP contribution in [0, 0.1) is 0 Å². The largest absolute Gasteiger partial charge is 0.478 e. The van der Waals surface area contributed by atoms with Gasteiger partial charge >= 0.3 is 18.0 Å². The molecule has 0 aliphatic heterocycles. The van der Waals surface area contributed by atoms with Crippen LogP contribution in [0.4, 0.5) is 8.78 Å². The maximum atomic E-state index is 12.2. The second kappa shape index (κ2) is 4.34. The minimum atomic E-state index is -3.78. The van der Waals surface area contributed by atoms with Crippen molar-refractivity contribution in [3.8, 4) is 0 Å². The number of esters is 1. The lowest BCUT2D eigenvalue weighted by Gasteiger charge is -2.09. The Balaban J connectivity index is 4.17. The lowest BCUT2D eigenvalue weighted by atomic mass is 10.5. The van der Waals surface area contributed by atoms with E-state index in [2.05, 4.69) is 11.3 Å². The van der Waals surface area contributed by atoms with Crippen LogP contribution in [0.5, 0.6) is 0 Å². The summed E-state index contributed by atoms with van der Waals surface area (Å²) in [5.74, 6) is -2.88. The highest BCUT2D eigenvalue weighted by atomic mass is 19.3. The van der Waals surface area contributed by atoms with E-state index in [4.69, 9.17) is 5.11 Å². The molecule has 0 aromatic carbocycles. The number of hydrogen-bond donors (Lipinski definition) is 1.